The molecule has 4 heteroatoms. The van der Waals surface area contributed by atoms with Crippen LogP contribution in [0.5, 0.6) is 0 Å². The van der Waals surface area contributed by atoms with Crippen molar-refractivity contribution in [3.05, 3.63) is 58.9 Å². The van der Waals surface area contributed by atoms with Crippen molar-refractivity contribution in [1.82, 2.24) is 4.57 Å². The third-order valence-electron chi connectivity index (χ3n) is 2.80. The summed E-state index contributed by atoms with van der Waals surface area (Å²) in [5, 5.41) is 9.48. The highest BCUT2D eigenvalue weighted by Gasteiger charge is 2.18. The zero-order valence-electron chi connectivity index (χ0n) is 9.80. The van der Waals surface area contributed by atoms with E-state index in [2.05, 4.69) is 6.07 Å². The van der Waals surface area contributed by atoms with Crippen LogP contribution in [0.3, 0.4) is 0 Å². The van der Waals surface area contributed by atoms with E-state index < -0.39 is 6.04 Å². The number of benzene rings is 1. The van der Waals surface area contributed by atoms with Crippen molar-refractivity contribution in [1.29, 1.82) is 5.26 Å². The maximum atomic E-state index is 12.3. The average Bonchev–Trinajstić information content (AvgIpc) is 2.85. The average molecular weight is 259 g/mol. The number of nitriles is 1. The highest BCUT2D eigenvalue weighted by Crippen LogP contribution is 2.19. The standard InChI is InChI=1S/C14H11ClN2O/c1-10(17-7-3-6-13(17)9-16)14(18)11-4-2-5-12(15)8-11/h2-8,10H,1H3. The first-order valence-corrected chi connectivity index (χ1v) is 5.88. The van der Waals surface area contributed by atoms with E-state index in [1.54, 1.807) is 54.1 Å². The van der Waals surface area contributed by atoms with Crippen molar-refractivity contribution >= 4 is 17.4 Å². The van der Waals surface area contributed by atoms with Gasteiger partial charge in [-0.15, -0.1) is 0 Å². The molecule has 0 fully saturated rings. The van der Waals surface area contributed by atoms with Crippen LogP contribution >= 0.6 is 11.6 Å². The monoisotopic (exact) mass is 258 g/mol. The Labute approximate surface area is 110 Å². The number of aromatic nitrogens is 1. The first kappa shape index (κ1) is 12.4. The summed E-state index contributed by atoms with van der Waals surface area (Å²) in [7, 11) is 0. The molecule has 0 radical (unpaired) electrons. The first-order chi connectivity index (χ1) is 8.63. The summed E-state index contributed by atoms with van der Waals surface area (Å²) in [5.74, 6) is -0.0646. The van der Waals surface area contributed by atoms with Gasteiger partial charge in [-0.1, -0.05) is 23.7 Å². The molecule has 0 aliphatic rings. The summed E-state index contributed by atoms with van der Waals surface area (Å²) in [6.45, 7) is 1.77. The van der Waals surface area contributed by atoms with Crippen LogP contribution in [0.15, 0.2) is 42.6 Å². The molecule has 2 rings (SSSR count). The van der Waals surface area contributed by atoms with Gasteiger partial charge in [-0.3, -0.25) is 4.79 Å². The van der Waals surface area contributed by atoms with Gasteiger partial charge in [-0.2, -0.15) is 5.26 Å². The fraction of sp³-hybridized carbons (Fsp3) is 0.143. The molecule has 0 saturated heterocycles. The third-order valence-corrected chi connectivity index (χ3v) is 3.03. The van der Waals surface area contributed by atoms with Crippen molar-refractivity contribution in [2.24, 2.45) is 0 Å². The molecule has 1 unspecified atom stereocenters. The van der Waals surface area contributed by atoms with Crippen LogP contribution in [0.2, 0.25) is 5.02 Å². The van der Waals surface area contributed by atoms with Crippen LogP contribution in [0.25, 0.3) is 0 Å². The molecule has 0 N–H and O–H groups in total. The van der Waals surface area contributed by atoms with E-state index in [4.69, 9.17) is 16.9 Å². The fourth-order valence-corrected chi connectivity index (χ4v) is 2.03. The van der Waals surface area contributed by atoms with E-state index in [1.165, 1.54) is 0 Å². The van der Waals surface area contributed by atoms with Gasteiger partial charge in [-0.25, -0.2) is 0 Å². The Morgan fingerprint density at radius 3 is 2.83 bits per heavy atom. The van der Waals surface area contributed by atoms with Crippen LogP contribution in [-0.2, 0) is 0 Å². The molecule has 0 saturated carbocycles. The molecule has 0 aliphatic heterocycles. The van der Waals surface area contributed by atoms with Crippen LogP contribution in [0.1, 0.15) is 29.0 Å². The number of rotatable bonds is 3. The van der Waals surface area contributed by atoms with Crippen LogP contribution in [-0.4, -0.2) is 10.4 Å². The van der Waals surface area contributed by atoms with Gasteiger partial charge in [0.15, 0.2) is 5.78 Å². The quantitative estimate of drug-likeness (QED) is 0.792. The number of ketones is 1. The van der Waals surface area contributed by atoms with Crippen molar-refractivity contribution in [2.45, 2.75) is 13.0 Å². The second-order valence-corrected chi connectivity index (χ2v) is 4.40. The molecule has 0 spiro atoms. The smallest absolute Gasteiger partial charge is 0.185 e. The summed E-state index contributed by atoms with van der Waals surface area (Å²) >= 11 is 5.87. The topological polar surface area (TPSA) is 45.8 Å². The van der Waals surface area contributed by atoms with E-state index >= 15 is 0 Å². The van der Waals surface area contributed by atoms with Crippen molar-refractivity contribution in [2.75, 3.05) is 0 Å². The zero-order valence-corrected chi connectivity index (χ0v) is 10.6. The van der Waals surface area contributed by atoms with E-state index in [0.29, 0.717) is 16.3 Å². The van der Waals surface area contributed by atoms with Gasteiger partial charge in [0.25, 0.3) is 0 Å². The molecule has 1 aromatic carbocycles. The van der Waals surface area contributed by atoms with Gasteiger partial charge in [0.05, 0.1) is 6.04 Å². The summed E-state index contributed by atoms with van der Waals surface area (Å²) in [6, 6.07) is 11.9. The molecule has 2 aromatic rings. The Hall–Kier alpha value is -2.05. The van der Waals surface area contributed by atoms with E-state index in [1.807, 2.05) is 0 Å². The molecule has 90 valence electrons. The lowest BCUT2D eigenvalue weighted by Gasteiger charge is -2.14. The lowest BCUT2D eigenvalue weighted by Crippen LogP contribution is -2.17. The minimum Gasteiger partial charge on any atom is -0.329 e. The summed E-state index contributed by atoms with van der Waals surface area (Å²) in [4.78, 5) is 12.3. The third kappa shape index (κ3) is 2.29. The van der Waals surface area contributed by atoms with Crippen molar-refractivity contribution in [3.8, 4) is 6.07 Å². The SMILES string of the molecule is CC(C(=O)c1cccc(Cl)c1)n1cccc1C#N. The normalized spacial score (nSPS) is 11.8. The fourth-order valence-electron chi connectivity index (χ4n) is 1.84. The first-order valence-electron chi connectivity index (χ1n) is 5.50. The molecule has 1 heterocycles. The van der Waals surface area contributed by atoms with Crippen LogP contribution < -0.4 is 0 Å². The summed E-state index contributed by atoms with van der Waals surface area (Å²) < 4.78 is 1.66. The number of carbonyl (C=O) groups excluding carboxylic acids is 1. The Bertz CT molecular complexity index is 625. The maximum Gasteiger partial charge on any atom is 0.185 e. The molecule has 3 nitrogen and oxygen atoms in total. The Morgan fingerprint density at radius 1 is 1.39 bits per heavy atom. The zero-order chi connectivity index (χ0) is 13.1. The highest BCUT2D eigenvalue weighted by atomic mass is 35.5. The second-order valence-electron chi connectivity index (χ2n) is 3.96. The number of nitrogens with zero attached hydrogens (tertiary/aromatic N) is 2. The Morgan fingerprint density at radius 2 is 2.17 bits per heavy atom. The summed E-state index contributed by atoms with van der Waals surface area (Å²) in [6.07, 6.45) is 1.73. The molecule has 1 atom stereocenters. The number of halogens is 1. The predicted octanol–water partition coefficient (Wildman–Crippen LogP) is 3.46. The lowest BCUT2D eigenvalue weighted by molar-refractivity contribution is 0.0934. The highest BCUT2D eigenvalue weighted by molar-refractivity contribution is 6.31. The molecule has 0 aliphatic carbocycles. The molecule has 0 bridgehead atoms. The molecule has 1 aromatic heterocycles. The van der Waals surface area contributed by atoms with Gasteiger partial charge in [0.2, 0.25) is 0 Å². The number of hydrogen-bond donors (Lipinski definition) is 0. The van der Waals surface area contributed by atoms with E-state index in [9.17, 15) is 4.79 Å². The Kier molecular flexibility index (Phi) is 3.50. The molecule has 18 heavy (non-hydrogen) atoms. The number of hydrogen-bond acceptors (Lipinski definition) is 2. The molecule has 0 amide bonds. The second kappa shape index (κ2) is 5.07. The van der Waals surface area contributed by atoms with Gasteiger partial charge in [-0.05, 0) is 31.2 Å². The van der Waals surface area contributed by atoms with E-state index in [-0.39, 0.29) is 5.78 Å². The van der Waals surface area contributed by atoms with Gasteiger partial charge in [0.1, 0.15) is 11.8 Å². The van der Waals surface area contributed by atoms with Crippen molar-refractivity contribution in [3.63, 3.8) is 0 Å². The largest absolute Gasteiger partial charge is 0.329 e. The molecular formula is C14H11ClN2O. The Balaban J connectivity index is 2.33. The minimum absolute atomic E-state index is 0.0646. The van der Waals surface area contributed by atoms with E-state index in [0.717, 1.165) is 0 Å². The minimum atomic E-state index is -0.423. The number of Topliss-reactive ketones (excluding diaryl/α,β-unsaturated/α-hetero) is 1. The van der Waals surface area contributed by atoms with Crippen LogP contribution in [0, 0.1) is 11.3 Å². The van der Waals surface area contributed by atoms with Gasteiger partial charge >= 0.3 is 0 Å². The maximum absolute atomic E-state index is 12.3. The van der Waals surface area contributed by atoms with Crippen LogP contribution in [0.4, 0.5) is 0 Å². The number of carbonyl (C=O) groups is 1. The predicted molar refractivity (Wildman–Crippen MR) is 69.6 cm³/mol. The molecular weight excluding hydrogens is 248 g/mol. The van der Waals surface area contributed by atoms with Crippen molar-refractivity contribution < 1.29 is 4.79 Å². The summed E-state index contributed by atoms with van der Waals surface area (Å²) in [5.41, 5.74) is 1.02. The van der Waals surface area contributed by atoms with Gasteiger partial charge < -0.3 is 4.57 Å². The lowest BCUT2D eigenvalue weighted by atomic mass is 10.1. The van der Waals surface area contributed by atoms with Gasteiger partial charge in [0, 0.05) is 16.8 Å².